The summed E-state index contributed by atoms with van der Waals surface area (Å²) in [6.07, 6.45) is 3.83. The van der Waals surface area contributed by atoms with Gasteiger partial charge in [-0.15, -0.1) is 0 Å². The maximum absolute atomic E-state index is 10.8. The van der Waals surface area contributed by atoms with Crippen molar-refractivity contribution in [3.63, 3.8) is 0 Å². The van der Waals surface area contributed by atoms with E-state index in [-0.39, 0.29) is 5.95 Å². The third-order valence-corrected chi connectivity index (χ3v) is 4.65. The Kier molecular flexibility index (Phi) is 5.74. The lowest BCUT2D eigenvalue weighted by Gasteiger charge is -2.38. The standard InChI is InChI=1S/C21H25NO3/c23-20(25-19-9-5-2-6-10-19)11-14-22-15-12-21(24,13-16-22)17-18-7-3-1-4-8-18/h1-11,23-24H,12-17H2. The first-order chi connectivity index (χ1) is 12.1. The quantitative estimate of drug-likeness (QED) is 0.791. The van der Waals surface area contributed by atoms with Gasteiger partial charge in [-0.05, 0) is 30.5 Å². The molecule has 0 aliphatic carbocycles. The molecule has 0 aromatic heterocycles. The second kappa shape index (κ2) is 8.19. The zero-order valence-electron chi connectivity index (χ0n) is 14.3. The third kappa shape index (κ3) is 5.34. The average molecular weight is 339 g/mol. The van der Waals surface area contributed by atoms with Crippen molar-refractivity contribution in [2.24, 2.45) is 0 Å². The van der Waals surface area contributed by atoms with Gasteiger partial charge in [0.1, 0.15) is 5.75 Å². The van der Waals surface area contributed by atoms with Crippen LogP contribution in [-0.4, -0.2) is 40.3 Å². The Morgan fingerprint density at radius 1 is 1.00 bits per heavy atom. The maximum atomic E-state index is 10.8. The highest BCUT2D eigenvalue weighted by Crippen LogP contribution is 2.26. The second-order valence-electron chi connectivity index (χ2n) is 6.64. The lowest BCUT2D eigenvalue weighted by atomic mass is 9.85. The molecule has 25 heavy (non-hydrogen) atoms. The summed E-state index contributed by atoms with van der Waals surface area (Å²) in [6.45, 7) is 2.22. The summed E-state index contributed by atoms with van der Waals surface area (Å²) < 4.78 is 5.37. The van der Waals surface area contributed by atoms with Gasteiger partial charge in [0, 0.05) is 32.1 Å². The Morgan fingerprint density at radius 3 is 2.24 bits per heavy atom. The molecule has 0 radical (unpaired) electrons. The Balaban J connectivity index is 1.46. The van der Waals surface area contributed by atoms with Crippen molar-refractivity contribution in [1.29, 1.82) is 0 Å². The first-order valence-corrected chi connectivity index (χ1v) is 8.74. The van der Waals surface area contributed by atoms with Crippen LogP contribution >= 0.6 is 0 Å². The maximum Gasteiger partial charge on any atom is 0.279 e. The summed E-state index contributed by atoms with van der Waals surface area (Å²) in [5.41, 5.74) is 0.539. The van der Waals surface area contributed by atoms with Gasteiger partial charge in [-0.3, -0.25) is 4.90 Å². The summed E-state index contributed by atoms with van der Waals surface area (Å²) in [6, 6.07) is 19.4. The summed E-state index contributed by atoms with van der Waals surface area (Å²) in [4.78, 5) is 2.21. The normalized spacial score (nSPS) is 18.0. The molecule has 1 aliphatic heterocycles. The highest BCUT2D eigenvalue weighted by Gasteiger charge is 2.32. The van der Waals surface area contributed by atoms with Crippen LogP contribution in [0.3, 0.4) is 0 Å². The fraction of sp³-hybridized carbons (Fsp3) is 0.333. The van der Waals surface area contributed by atoms with Crippen molar-refractivity contribution >= 4 is 0 Å². The van der Waals surface area contributed by atoms with Crippen LogP contribution in [0, 0.1) is 0 Å². The van der Waals surface area contributed by atoms with E-state index in [1.165, 1.54) is 5.56 Å². The van der Waals surface area contributed by atoms with E-state index in [1.54, 1.807) is 18.2 Å². The van der Waals surface area contributed by atoms with Gasteiger partial charge >= 0.3 is 0 Å². The van der Waals surface area contributed by atoms with E-state index in [0.29, 0.717) is 18.7 Å². The molecule has 2 aromatic rings. The van der Waals surface area contributed by atoms with Crippen LogP contribution in [-0.2, 0) is 6.42 Å². The molecule has 2 aromatic carbocycles. The molecular formula is C21H25NO3. The molecule has 1 fully saturated rings. The first-order valence-electron chi connectivity index (χ1n) is 8.74. The predicted octanol–water partition coefficient (Wildman–Crippen LogP) is 3.53. The number of ether oxygens (including phenoxy) is 1. The van der Waals surface area contributed by atoms with Gasteiger partial charge in [-0.1, -0.05) is 48.5 Å². The molecule has 0 saturated carbocycles. The number of piperidine rings is 1. The van der Waals surface area contributed by atoms with Crippen molar-refractivity contribution in [2.45, 2.75) is 24.9 Å². The lowest BCUT2D eigenvalue weighted by molar-refractivity contribution is -0.0183. The van der Waals surface area contributed by atoms with Gasteiger partial charge in [0.25, 0.3) is 5.95 Å². The van der Waals surface area contributed by atoms with E-state index in [0.717, 1.165) is 25.9 Å². The van der Waals surface area contributed by atoms with Gasteiger partial charge in [0.15, 0.2) is 0 Å². The van der Waals surface area contributed by atoms with Crippen LogP contribution < -0.4 is 4.74 Å². The molecule has 132 valence electrons. The number of aliphatic hydroxyl groups excluding tert-OH is 1. The van der Waals surface area contributed by atoms with Crippen molar-refractivity contribution in [1.82, 2.24) is 4.90 Å². The van der Waals surface area contributed by atoms with Crippen molar-refractivity contribution in [3.05, 3.63) is 78.2 Å². The Labute approximate surface area is 149 Å². The molecule has 1 heterocycles. The minimum atomic E-state index is -0.635. The fourth-order valence-corrected chi connectivity index (χ4v) is 3.16. The van der Waals surface area contributed by atoms with Crippen LogP contribution in [0.1, 0.15) is 18.4 Å². The summed E-state index contributed by atoms with van der Waals surface area (Å²) in [5, 5.41) is 20.7. The van der Waals surface area contributed by atoms with Gasteiger partial charge in [-0.2, -0.15) is 0 Å². The van der Waals surface area contributed by atoms with E-state index in [4.69, 9.17) is 4.74 Å². The van der Waals surface area contributed by atoms with Gasteiger partial charge in [0.05, 0.1) is 5.60 Å². The molecule has 0 bridgehead atoms. The molecule has 0 spiro atoms. The highest BCUT2D eigenvalue weighted by molar-refractivity contribution is 5.22. The van der Waals surface area contributed by atoms with Crippen molar-refractivity contribution in [3.8, 4) is 5.75 Å². The molecule has 0 amide bonds. The van der Waals surface area contributed by atoms with E-state index in [9.17, 15) is 10.2 Å². The molecule has 1 aliphatic rings. The number of benzene rings is 2. The van der Waals surface area contributed by atoms with Crippen molar-refractivity contribution < 1.29 is 14.9 Å². The molecule has 4 heteroatoms. The number of hydrogen-bond acceptors (Lipinski definition) is 4. The minimum Gasteiger partial charge on any atom is -0.481 e. The number of aliphatic hydroxyl groups is 2. The topological polar surface area (TPSA) is 52.9 Å². The smallest absolute Gasteiger partial charge is 0.279 e. The van der Waals surface area contributed by atoms with Gasteiger partial charge in [0.2, 0.25) is 0 Å². The molecular weight excluding hydrogens is 314 g/mol. The SMILES string of the molecule is OC(=CCN1CCC(O)(Cc2ccccc2)CC1)Oc1ccccc1. The van der Waals surface area contributed by atoms with Crippen LogP contribution in [0.5, 0.6) is 5.75 Å². The molecule has 0 atom stereocenters. The predicted molar refractivity (Wildman–Crippen MR) is 98.6 cm³/mol. The van der Waals surface area contributed by atoms with Crippen LogP contribution in [0.4, 0.5) is 0 Å². The van der Waals surface area contributed by atoms with E-state index in [1.807, 2.05) is 36.4 Å². The van der Waals surface area contributed by atoms with Crippen LogP contribution in [0.2, 0.25) is 0 Å². The van der Waals surface area contributed by atoms with Gasteiger partial charge < -0.3 is 14.9 Å². The lowest BCUT2D eigenvalue weighted by Crippen LogP contribution is -2.45. The zero-order chi connectivity index (χ0) is 17.5. The monoisotopic (exact) mass is 339 g/mol. The zero-order valence-corrected chi connectivity index (χ0v) is 14.3. The summed E-state index contributed by atoms with van der Waals surface area (Å²) >= 11 is 0. The number of hydrogen-bond donors (Lipinski definition) is 2. The Bertz CT molecular complexity index is 677. The molecule has 4 nitrogen and oxygen atoms in total. The number of rotatable bonds is 6. The average Bonchev–Trinajstić information content (AvgIpc) is 2.63. The minimum absolute atomic E-state index is 0.0867. The molecule has 2 N–H and O–H groups in total. The second-order valence-corrected chi connectivity index (χ2v) is 6.64. The summed E-state index contributed by atoms with van der Waals surface area (Å²) in [7, 11) is 0. The number of para-hydroxylation sites is 1. The first kappa shape index (κ1) is 17.5. The Morgan fingerprint density at radius 2 is 1.60 bits per heavy atom. The summed E-state index contributed by atoms with van der Waals surface area (Å²) in [5.74, 6) is 0.531. The molecule has 0 unspecified atom stereocenters. The third-order valence-electron chi connectivity index (χ3n) is 4.65. The number of nitrogens with zero attached hydrogens (tertiary/aromatic N) is 1. The van der Waals surface area contributed by atoms with E-state index in [2.05, 4.69) is 17.0 Å². The van der Waals surface area contributed by atoms with Crippen molar-refractivity contribution in [2.75, 3.05) is 19.6 Å². The van der Waals surface area contributed by atoms with E-state index < -0.39 is 5.60 Å². The van der Waals surface area contributed by atoms with Crippen LogP contribution in [0.25, 0.3) is 0 Å². The largest absolute Gasteiger partial charge is 0.481 e. The fourth-order valence-electron chi connectivity index (χ4n) is 3.16. The molecule has 3 rings (SSSR count). The highest BCUT2D eigenvalue weighted by atomic mass is 16.6. The Hall–Kier alpha value is -2.30. The number of likely N-dealkylation sites (tertiary alicyclic amines) is 1. The molecule has 1 saturated heterocycles. The van der Waals surface area contributed by atoms with Crippen LogP contribution in [0.15, 0.2) is 72.7 Å². The van der Waals surface area contributed by atoms with Gasteiger partial charge in [-0.25, -0.2) is 0 Å². The van der Waals surface area contributed by atoms with E-state index >= 15 is 0 Å².